The molecule has 0 aliphatic heterocycles. The van der Waals surface area contributed by atoms with E-state index in [1.807, 2.05) is 18.5 Å². The lowest BCUT2D eigenvalue weighted by Gasteiger charge is -2.01. The second kappa shape index (κ2) is 3.17. The van der Waals surface area contributed by atoms with Gasteiger partial charge in [-0.1, -0.05) is 0 Å². The molecular weight excluding hydrogens is 178 g/mol. The largest absolute Gasteiger partial charge is 0.395 e. The van der Waals surface area contributed by atoms with Crippen LogP contribution in [0.3, 0.4) is 0 Å². The van der Waals surface area contributed by atoms with Crippen molar-refractivity contribution in [2.24, 2.45) is 0 Å². The average Bonchev–Trinajstić information content (AvgIpc) is 2.76. The number of H-pyrrole nitrogens is 1. The van der Waals surface area contributed by atoms with Gasteiger partial charge in [0, 0.05) is 18.9 Å². The molecule has 14 heavy (non-hydrogen) atoms. The number of aryl methyl sites for hydroxylation is 2. The van der Waals surface area contributed by atoms with Crippen LogP contribution in [0.1, 0.15) is 12.6 Å². The fourth-order valence-electron chi connectivity index (χ4n) is 1.47. The Kier molecular flexibility index (Phi) is 1.99. The molecule has 2 heterocycles. The molecule has 0 bridgehead atoms. The lowest BCUT2D eigenvalue weighted by molar-refractivity contribution is 0.658. The Bertz CT molecular complexity index is 426. The van der Waals surface area contributed by atoms with Crippen molar-refractivity contribution in [3.63, 3.8) is 0 Å². The molecule has 5 nitrogen and oxygen atoms in total. The van der Waals surface area contributed by atoms with Crippen molar-refractivity contribution in [1.29, 1.82) is 0 Å². The van der Waals surface area contributed by atoms with Crippen molar-refractivity contribution in [1.82, 2.24) is 19.7 Å². The maximum atomic E-state index is 5.93. The van der Waals surface area contributed by atoms with Gasteiger partial charge in [0.15, 0.2) is 5.82 Å². The van der Waals surface area contributed by atoms with Gasteiger partial charge in [-0.2, -0.15) is 5.10 Å². The lowest BCUT2D eigenvalue weighted by Crippen LogP contribution is -2.01. The van der Waals surface area contributed by atoms with Crippen LogP contribution in [-0.2, 0) is 6.54 Å². The Balaban J connectivity index is 2.61. The Morgan fingerprint density at radius 2 is 2.36 bits per heavy atom. The third-order valence-corrected chi connectivity index (χ3v) is 2.20. The van der Waals surface area contributed by atoms with Crippen LogP contribution < -0.4 is 5.73 Å². The molecule has 3 N–H and O–H groups in total. The number of anilines is 1. The number of nitrogens with two attached hydrogens (primary N) is 1. The summed E-state index contributed by atoms with van der Waals surface area (Å²) >= 11 is 0. The minimum atomic E-state index is 0.696. The highest BCUT2D eigenvalue weighted by Crippen LogP contribution is 2.25. The van der Waals surface area contributed by atoms with Gasteiger partial charge >= 0.3 is 0 Å². The summed E-state index contributed by atoms with van der Waals surface area (Å²) in [5, 5.41) is 4.32. The van der Waals surface area contributed by atoms with E-state index in [-0.39, 0.29) is 0 Å². The maximum absolute atomic E-state index is 5.93. The first-order chi connectivity index (χ1) is 6.74. The highest BCUT2D eigenvalue weighted by Gasteiger charge is 2.14. The molecule has 0 fully saturated rings. The van der Waals surface area contributed by atoms with E-state index in [2.05, 4.69) is 15.1 Å². The lowest BCUT2D eigenvalue weighted by atomic mass is 10.3. The molecule has 0 aliphatic carbocycles. The third-order valence-electron chi connectivity index (χ3n) is 2.20. The molecule has 2 aromatic heterocycles. The molecule has 2 aromatic rings. The molecule has 0 spiro atoms. The number of aromatic amines is 1. The van der Waals surface area contributed by atoms with E-state index in [0.29, 0.717) is 5.69 Å². The molecule has 0 atom stereocenters. The van der Waals surface area contributed by atoms with Gasteiger partial charge in [0.05, 0.1) is 11.4 Å². The first-order valence-corrected chi connectivity index (χ1v) is 4.56. The van der Waals surface area contributed by atoms with Crippen molar-refractivity contribution < 1.29 is 0 Å². The van der Waals surface area contributed by atoms with Crippen molar-refractivity contribution >= 4 is 5.69 Å². The molecule has 5 heteroatoms. The van der Waals surface area contributed by atoms with Gasteiger partial charge in [-0.3, -0.25) is 4.68 Å². The highest BCUT2D eigenvalue weighted by molar-refractivity contribution is 5.69. The van der Waals surface area contributed by atoms with Gasteiger partial charge in [-0.15, -0.1) is 0 Å². The van der Waals surface area contributed by atoms with Crippen LogP contribution in [0.5, 0.6) is 0 Å². The summed E-state index contributed by atoms with van der Waals surface area (Å²) in [4.78, 5) is 7.20. The van der Waals surface area contributed by atoms with Crippen LogP contribution in [0.25, 0.3) is 11.5 Å². The van der Waals surface area contributed by atoms with Crippen LogP contribution in [0.15, 0.2) is 12.4 Å². The zero-order valence-corrected chi connectivity index (χ0v) is 8.28. The smallest absolute Gasteiger partial charge is 0.157 e. The molecule has 0 saturated heterocycles. The standard InChI is InChI=1S/C9H13N5/c1-3-14-8(7(10)6(2)13-14)9-11-4-5-12-9/h4-5H,3,10H2,1-2H3,(H,11,12). The van der Waals surface area contributed by atoms with E-state index in [4.69, 9.17) is 5.73 Å². The van der Waals surface area contributed by atoms with Crippen LogP contribution in [0, 0.1) is 6.92 Å². The van der Waals surface area contributed by atoms with Gasteiger partial charge < -0.3 is 10.7 Å². The Morgan fingerprint density at radius 1 is 1.57 bits per heavy atom. The van der Waals surface area contributed by atoms with Gasteiger partial charge in [-0.25, -0.2) is 4.98 Å². The fourth-order valence-corrected chi connectivity index (χ4v) is 1.47. The van der Waals surface area contributed by atoms with Crippen molar-refractivity contribution in [3.05, 3.63) is 18.1 Å². The zero-order valence-electron chi connectivity index (χ0n) is 8.28. The zero-order chi connectivity index (χ0) is 10.1. The summed E-state index contributed by atoms with van der Waals surface area (Å²) in [5.74, 6) is 0.768. The fraction of sp³-hybridized carbons (Fsp3) is 0.333. The molecule has 2 rings (SSSR count). The number of hydrogen-bond acceptors (Lipinski definition) is 3. The van der Waals surface area contributed by atoms with Crippen molar-refractivity contribution in [3.8, 4) is 11.5 Å². The number of rotatable bonds is 2. The van der Waals surface area contributed by atoms with Gasteiger partial charge in [0.1, 0.15) is 5.69 Å². The van der Waals surface area contributed by atoms with Crippen LogP contribution in [0.4, 0.5) is 5.69 Å². The van der Waals surface area contributed by atoms with Crippen molar-refractivity contribution in [2.45, 2.75) is 20.4 Å². The summed E-state index contributed by atoms with van der Waals surface area (Å²) in [6.07, 6.45) is 3.48. The van der Waals surface area contributed by atoms with E-state index in [1.165, 1.54) is 0 Å². The topological polar surface area (TPSA) is 72.5 Å². The normalized spacial score (nSPS) is 10.7. The molecule has 0 radical (unpaired) electrons. The Morgan fingerprint density at radius 3 is 2.93 bits per heavy atom. The number of imidazole rings is 1. The van der Waals surface area contributed by atoms with Crippen molar-refractivity contribution in [2.75, 3.05) is 5.73 Å². The van der Waals surface area contributed by atoms with Gasteiger partial charge in [-0.05, 0) is 13.8 Å². The molecule has 0 aliphatic rings. The quantitative estimate of drug-likeness (QED) is 0.748. The van der Waals surface area contributed by atoms with Gasteiger partial charge in [0.2, 0.25) is 0 Å². The van der Waals surface area contributed by atoms with E-state index in [0.717, 1.165) is 23.8 Å². The first kappa shape index (κ1) is 8.80. The monoisotopic (exact) mass is 191 g/mol. The molecular formula is C9H13N5. The van der Waals surface area contributed by atoms with Crippen LogP contribution in [-0.4, -0.2) is 19.7 Å². The van der Waals surface area contributed by atoms with Crippen LogP contribution >= 0.6 is 0 Å². The minimum absolute atomic E-state index is 0.696. The summed E-state index contributed by atoms with van der Waals surface area (Å²) in [7, 11) is 0. The molecule has 0 amide bonds. The Hall–Kier alpha value is -1.78. The van der Waals surface area contributed by atoms with E-state index < -0.39 is 0 Å². The molecule has 0 saturated carbocycles. The average molecular weight is 191 g/mol. The maximum Gasteiger partial charge on any atom is 0.157 e. The number of hydrogen-bond donors (Lipinski definition) is 2. The minimum Gasteiger partial charge on any atom is -0.395 e. The molecule has 0 unspecified atom stereocenters. The Labute approximate surface area is 82.0 Å². The van der Waals surface area contributed by atoms with E-state index >= 15 is 0 Å². The SMILES string of the molecule is CCn1nc(C)c(N)c1-c1ncc[nH]1. The number of nitrogen functional groups attached to an aromatic ring is 1. The summed E-state index contributed by atoms with van der Waals surface area (Å²) in [6, 6.07) is 0. The molecule has 0 aromatic carbocycles. The second-order valence-corrected chi connectivity index (χ2v) is 3.10. The predicted octanol–water partition coefficient (Wildman–Crippen LogP) is 1.18. The van der Waals surface area contributed by atoms with Gasteiger partial charge in [0.25, 0.3) is 0 Å². The predicted molar refractivity (Wildman–Crippen MR) is 54.6 cm³/mol. The second-order valence-electron chi connectivity index (χ2n) is 3.10. The summed E-state index contributed by atoms with van der Waals surface area (Å²) in [5.41, 5.74) is 8.34. The molecule has 74 valence electrons. The van der Waals surface area contributed by atoms with E-state index in [1.54, 1.807) is 12.4 Å². The van der Waals surface area contributed by atoms with E-state index in [9.17, 15) is 0 Å². The van der Waals surface area contributed by atoms with Crippen LogP contribution in [0.2, 0.25) is 0 Å². The number of nitrogens with zero attached hydrogens (tertiary/aromatic N) is 3. The number of nitrogens with one attached hydrogen (secondary N) is 1. The summed E-state index contributed by atoms with van der Waals surface area (Å²) in [6.45, 7) is 4.71. The number of aromatic nitrogens is 4. The third kappa shape index (κ3) is 1.17. The first-order valence-electron chi connectivity index (χ1n) is 4.56. The highest BCUT2D eigenvalue weighted by atomic mass is 15.3. The summed E-state index contributed by atoms with van der Waals surface area (Å²) < 4.78 is 1.85.